The summed E-state index contributed by atoms with van der Waals surface area (Å²) < 4.78 is 73.6. The number of halogens is 6. The minimum absolute atomic E-state index is 0.0984. The highest BCUT2D eigenvalue weighted by atomic mass is 35.5. The van der Waals surface area contributed by atoms with Crippen LogP contribution in [0.1, 0.15) is 35.6 Å². The maximum atomic E-state index is 14.3. The summed E-state index contributed by atoms with van der Waals surface area (Å²) in [6.45, 7) is 2.82. The number of primary amides is 1. The van der Waals surface area contributed by atoms with E-state index in [1.54, 1.807) is 0 Å². The molecule has 32 heavy (non-hydrogen) atoms. The Balaban J connectivity index is 1.98. The molecule has 3 aromatic rings. The average molecular weight is 475 g/mol. The maximum Gasteiger partial charge on any atom is 0.416 e. The molecule has 0 aliphatic heterocycles. The summed E-state index contributed by atoms with van der Waals surface area (Å²) in [6, 6.07) is 4.58. The number of nitrogens with zero attached hydrogens (tertiary/aromatic N) is 3. The zero-order chi connectivity index (χ0) is 24.0. The van der Waals surface area contributed by atoms with Crippen LogP contribution in [0.15, 0.2) is 30.3 Å². The van der Waals surface area contributed by atoms with Crippen molar-refractivity contribution in [3.8, 4) is 17.1 Å². The van der Waals surface area contributed by atoms with Gasteiger partial charge in [-0.05, 0) is 44.2 Å². The molecule has 0 fully saturated rings. The molecule has 0 aliphatic carbocycles. The normalized spacial score (nSPS) is 12.2. The van der Waals surface area contributed by atoms with Gasteiger partial charge in [0.05, 0.1) is 10.6 Å². The van der Waals surface area contributed by atoms with E-state index in [0.29, 0.717) is 5.56 Å². The van der Waals surface area contributed by atoms with Gasteiger partial charge in [0.25, 0.3) is 0 Å². The smallest absolute Gasteiger partial charge is 0.416 e. The van der Waals surface area contributed by atoms with E-state index in [-0.39, 0.29) is 34.4 Å². The van der Waals surface area contributed by atoms with Crippen molar-refractivity contribution < 1.29 is 31.5 Å². The summed E-state index contributed by atoms with van der Waals surface area (Å²) in [4.78, 5) is 11.3. The summed E-state index contributed by atoms with van der Waals surface area (Å²) in [5.41, 5.74) is 2.80. The Morgan fingerprint density at radius 2 is 1.69 bits per heavy atom. The van der Waals surface area contributed by atoms with Crippen LogP contribution in [0, 0.1) is 11.6 Å². The molecule has 0 saturated carbocycles. The number of alkyl halides is 3. The maximum absolute atomic E-state index is 14.3. The van der Waals surface area contributed by atoms with Crippen molar-refractivity contribution in [2.24, 2.45) is 12.8 Å². The first-order chi connectivity index (χ1) is 14.7. The number of nitrogens with two attached hydrogens (primary N) is 1. The van der Waals surface area contributed by atoms with Gasteiger partial charge in [0.2, 0.25) is 5.91 Å². The van der Waals surface area contributed by atoms with E-state index in [9.17, 15) is 26.7 Å². The van der Waals surface area contributed by atoms with Gasteiger partial charge in [-0.1, -0.05) is 11.6 Å². The SMILES string of the molecule is Cn1c(-c2ccc(C(N)=O)cc2Cl)nnc1C(C)(C)Oc1c(F)cc(C(F)(F)F)cc1F. The molecule has 1 aromatic heterocycles. The van der Waals surface area contributed by atoms with Gasteiger partial charge in [-0.2, -0.15) is 13.2 Å². The van der Waals surface area contributed by atoms with Gasteiger partial charge in [-0.3, -0.25) is 4.79 Å². The molecule has 0 spiro atoms. The molecule has 1 amide bonds. The van der Waals surface area contributed by atoms with Crippen molar-refractivity contribution in [3.05, 3.63) is 63.9 Å². The van der Waals surface area contributed by atoms with Crippen molar-refractivity contribution in [1.82, 2.24) is 14.8 Å². The summed E-state index contributed by atoms with van der Waals surface area (Å²) >= 11 is 6.22. The number of hydrogen-bond donors (Lipinski definition) is 1. The van der Waals surface area contributed by atoms with Crippen LogP contribution in [0.5, 0.6) is 5.75 Å². The summed E-state index contributed by atoms with van der Waals surface area (Å²) in [6.07, 6.45) is -4.92. The fraction of sp³-hybridized carbons (Fsp3) is 0.250. The second-order valence-electron chi connectivity index (χ2n) is 7.34. The molecule has 0 bridgehead atoms. The van der Waals surface area contributed by atoms with Crippen molar-refractivity contribution in [2.75, 3.05) is 0 Å². The van der Waals surface area contributed by atoms with Crippen LogP contribution in [-0.4, -0.2) is 20.7 Å². The first-order valence-electron chi connectivity index (χ1n) is 8.97. The number of carbonyl (C=O) groups excluding carboxylic acids is 1. The molecule has 12 heteroatoms. The largest absolute Gasteiger partial charge is 0.474 e. The highest BCUT2D eigenvalue weighted by Crippen LogP contribution is 2.37. The topological polar surface area (TPSA) is 83.0 Å². The molecule has 1 heterocycles. The first-order valence-corrected chi connectivity index (χ1v) is 9.35. The van der Waals surface area contributed by atoms with Crippen LogP contribution in [0.3, 0.4) is 0 Å². The van der Waals surface area contributed by atoms with E-state index in [1.165, 1.54) is 43.7 Å². The average Bonchev–Trinajstić information content (AvgIpc) is 3.05. The molecule has 0 atom stereocenters. The van der Waals surface area contributed by atoms with Crippen LogP contribution in [0.2, 0.25) is 5.02 Å². The third-order valence-corrected chi connectivity index (χ3v) is 4.90. The van der Waals surface area contributed by atoms with Gasteiger partial charge in [0.1, 0.15) is 0 Å². The number of rotatable bonds is 5. The zero-order valence-corrected chi connectivity index (χ0v) is 17.6. The lowest BCUT2D eigenvalue weighted by Gasteiger charge is -2.26. The number of carbonyl (C=O) groups is 1. The lowest BCUT2D eigenvalue weighted by Crippen LogP contribution is -2.30. The van der Waals surface area contributed by atoms with Crippen LogP contribution in [0.4, 0.5) is 22.0 Å². The van der Waals surface area contributed by atoms with E-state index in [2.05, 4.69) is 10.2 Å². The van der Waals surface area contributed by atoms with Crippen LogP contribution in [-0.2, 0) is 18.8 Å². The quantitative estimate of drug-likeness (QED) is 0.536. The van der Waals surface area contributed by atoms with E-state index in [0.717, 1.165) is 0 Å². The third kappa shape index (κ3) is 4.38. The Kier molecular flexibility index (Phi) is 5.90. The molecular formula is C20H16ClF5N4O2. The van der Waals surface area contributed by atoms with E-state index < -0.39 is 40.6 Å². The standard InChI is InChI=1S/C20H16ClF5N4O2/c1-19(2,32-15-13(22)7-10(8-14(15)23)20(24,25)26)18-29-28-17(30(18)3)11-5-4-9(16(27)31)6-12(11)21/h4-8H,1-3H3,(H2,27,31). The fourth-order valence-corrected chi connectivity index (χ4v) is 3.32. The molecule has 0 unspecified atom stereocenters. The van der Waals surface area contributed by atoms with Gasteiger partial charge in [0, 0.05) is 18.2 Å². The molecule has 0 saturated heterocycles. The summed E-state index contributed by atoms with van der Waals surface area (Å²) in [5.74, 6) is -4.35. The van der Waals surface area contributed by atoms with Gasteiger partial charge in [-0.25, -0.2) is 8.78 Å². The predicted octanol–water partition coefficient (Wildman–Crippen LogP) is 4.85. The molecule has 170 valence electrons. The fourth-order valence-electron chi connectivity index (χ4n) is 3.06. The van der Waals surface area contributed by atoms with Crippen molar-refractivity contribution in [3.63, 3.8) is 0 Å². The minimum atomic E-state index is -4.92. The minimum Gasteiger partial charge on any atom is -0.474 e. The van der Waals surface area contributed by atoms with Crippen molar-refractivity contribution >= 4 is 17.5 Å². The summed E-state index contributed by atoms with van der Waals surface area (Å²) in [5, 5.41) is 8.16. The second kappa shape index (κ2) is 8.05. The Bertz CT molecular complexity index is 1180. The van der Waals surface area contributed by atoms with Crippen LogP contribution in [0.25, 0.3) is 11.4 Å². The molecule has 3 rings (SSSR count). The molecule has 6 nitrogen and oxygen atoms in total. The molecular weight excluding hydrogens is 459 g/mol. The molecule has 0 aliphatic rings. The lowest BCUT2D eigenvalue weighted by molar-refractivity contribution is -0.138. The van der Waals surface area contributed by atoms with Crippen molar-refractivity contribution in [1.29, 1.82) is 0 Å². The number of hydrogen-bond acceptors (Lipinski definition) is 4. The highest BCUT2D eigenvalue weighted by molar-refractivity contribution is 6.33. The summed E-state index contributed by atoms with van der Waals surface area (Å²) in [7, 11) is 1.54. The number of ether oxygens (including phenoxy) is 1. The predicted molar refractivity (Wildman–Crippen MR) is 105 cm³/mol. The van der Waals surface area contributed by atoms with Gasteiger partial charge in [0.15, 0.2) is 34.6 Å². The number of benzene rings is 2. The number of amides is 1. The van der Waals surface area contributed by atoms with Gasteiger partial charge in [-0.15, -0.1) is 10.2 Å². The van der Waals surface area contributed by atoms with E-state index in [4.69, 9.17) is 22.1 Å². The molecule has 0 radical (unpaired) electrons. The monoisotopic (exact) mass is 474 g/mol. The van der Waals surface area contributed by atoms with Crippen LogP contribution < -0.4 is 10.5 Å². The van der Waals surface area contributed by atoms with Gasteiger partial charge >= 0.3 is 6.18 Å². The lowest BCUT2D eigenvalue weighted by atomic mass is 10.1. The van der Waals surface area contributed by atoms with Crippen molar-refractivity contribution in [2.45, 2.75) is 25.6 Å². The highest BCUT2D eigenvalue weighted by Gasteiger charge is 2.36. The zero-order valence-electron chi connectivity index (χ0n) is 16.9. The molecule has 2 N–H and O–H groups in total. The Labute approximate surface area is 183 Å². The Hall–Kier alpha value is -3.21. The van der Waals surface area contributed by atoms with E-state index in [1.807, 2.05) is 0 Å². The Morgan fingerprint density at radius 3 is 2.19 bits per heavy atom. The first kappa shape index (κ1) is 23.5. The van der Waals surface area contributed by atoms with Gasteiger partial charge < -0.3 is 15.0 Å². The second-order valence-corrected chi connectivity index (χ2v) is 7.75. The van der Waals surface area contributed by atoms with E-state index >= 15 is 0 Å². The number of aromatic nitrogens is 3. The molecule has 2 aromatic carbocycles. The Morgan fingerprint density at radius 1 is 1.09 bits per heavy atom. The van der Waals surface area contributed by atoms with Crippen LogP contribution >= 0.6 is 11.6 Å². The third-order valence-electron chi connectivity index (χ3n) is 4.59.